The number of carbonyl (C=O) groups excluding carboxylic acids is 2. The van der Waals surface area contributed by atoms with Gasteiger partial charge in [-0.3, -0.25) is 9.36 Å². The molecule has 0 aliphatic carbocycles. The monoisotopic (exact) mass is 377 g/mol. The van der Waals surface area contributed by atoms with E-state index in [1.54, 1.807) is 55.2 Å². The Morgan fingerprint density at radius 3 is 2.43 bits per heavy atom. The molecule has 1 amide bonds. The van der Waals surface area contributed by atoms with Crippen molar-refractivity contribution in [2.75, 3.05) is 11.9 Å². The van der Waals surface area contributed by atoms with Gasteiger partial charge < -0.3 is 14.1 Å². The summed E-state index contributed by atoms with van der Waals surface area (Å²) in [5.41, 5.74) is 0.769. The third-order valence-corrected chi connectivity index (χ3v) is 4.33. The van der Waals surface area contributed by atoms with E-state index >= 15 is 0 Å². The number of nitriles is 1. The van der Waals surface area contributed by atoms with Crippen LogP contribution in [-0.4, -0.2) is 29.6 Å². The Balaban J connectivity index is 1.81. The standard InChI is InChI=1S/C21H19N3O4/c1-14-18(17(13-22)20(27-14)24-11-7-8-12-24)21(26)28-15(2)19(25)23(3)16-9-5-4-6-10-16/h4-12,15H,1-3H3/t15-/m1/s1. The number of ether oxygens (including phenoxy) is 1. The number of aromatic nitrogens is 1. The summed E-state index contributed by atoms with van der Waals surface area (Å²) in [6, 6.07) is 14.6. The molecule has 0 unspecified atom stereocenters. The molecule has 0 aliphatic heterocycles. The van der Waals surface area contributed by atoms with Gasteiger partial charge in [-0.2, -0.15) is 5.26 Å². The first kappa shape index (κ1) is 19.0. The van der Waals surface area contributed by atoms with E-state index in [-0.39, 0.29) is 28.7 Å². The second-order valence-electron chi connectivity index (χ2n) is 6.20. The molecule has 0 fully saturated rings. The van der Waals surface area contributed by atoms with Crippen LogP contribution in [0.3, 0.4) is 0 Å². The van der Waals surface area contributed by atoms with Gasteiger partial charge in [-0.15, -0.1) is 0 Å². The average molecular weight is 377 g/mol. The fraction of sp³-hybridized carbons (Fsp3) is 0.190. The zero-order valence-electron chi connectivity index (χ0n) is 15.7. The third-order valence-electron chi connectivity index (χ3n) is 4.33. The predicted octanol–water partition coefficient (Wildman–Crippen LogP) is 3.46. The number of aryl methyl sites for hydroxylation is 1. The van der Waals surface area contributed by atoms with Crippen LogP contribution in [0.15, 0.2) is 59.3 Å². The Kier molecular flexibility index (Phi) is 5.32. The molecular weight excluding hydrogens is 358 g/mol. The van der Waals surface area contributed by atoms with Gasteiger partial charge in [0.25, 0.3) is 5.91 Å². The lowest BCUT2D eigenvalue weighted by molar-refractivity contribution is -0.126. The molecule has 2 aromatic heterocycles. The summed E-state index contributed by atoms with van der Waals surface area (Å²) in [7, 11) is 1.61. The minimum atomic E-state index is -1.03. The lowest BCUT2D eigenvalue weighted by atomic mass is 10.1. The zero-order valence-corrected chi connectivity index (χ0v) is 15.7. The lowest BCUT2D eigenvalue weighted by Gasteiger charge is -2.21. The highest BCUT2D eigenvalue weighted by molar-refractivity contribution is 6.00. The molecule has 1 atom stereocenters. The van der Waals surface area contributed by atoms with Crippen molar-refractivity contribution >= 4 is 17.6 Å². The van der Waals surface area contributed by atoms with E-state index in [4.69, 9.17) is 9.15 Å². The van der Waals surface area contributed by atoms with Crippen molar-refractivity contribution in [2.45, 2.75) is 20.0 Å². The first-order chi connectivity index (χ1) is 13.4. The van der Waals surface area contributed by atoms with Crippen LogP contribution < -0.4 is 4.90 Å². The van der Waals surface area contributed by atoms with Crippen LogP contribution in [0.25, 0.3) is 5.88 Å². The number of rotatable bonds is 5. The molecule has 7 heteroatoms. The molecular formula is C21H19N3O4. The van der Waals surface area contributed by atoms with E-state index in [0.29, 0.717) is 5.69 Å². The van der Waals surface area contributed by atoms with E-state index in [1.807, 2.05) is 24.3 Å². The summed E-state index contributed by atoms with van der Waals surface area (Å²) < 4.78 is 12.5. The Hall–Kier alpha value is -3.79. The van der Waals surface area contributed by atoms with Gasteiger partial charge in [0.05, 0.1) is 0 Å². The van der Waals surface area contributed by atoms with E-state index in [2.05, 4.69) is 0 Å². The van der Waals surface area contributed by atoms with Crippen LogP contribution in [0.2, 0.25) is 0 Å². The van der Waals surface area contributed by atoms with Gasteiger partial charge in [0.1, 0.15) is 23.0 Å². The highest BCUT2D eigenvalue weighted by Gasteiger charge is 2.29. The highest BCUT2D eigenvalue weighted by atomic mass is 16.5. The van der Waals surface area contributed by atoms with Crippen LogP contribution in [-0.2, 0) is 9.53 Å². The van der Waals surface area contributed by atoms with Gasteiger partial charge in [0, 0.05) is 25.1 Å². The van der Waals surface area contributed by atoms with Crippen molar-refractivity contribution in [3.05, 3.63) is 71.7 Å². The minimum Gasteiger partial charge on any atom is -0.449 e. The van der Waals surface area contributed by atoms with Crippen LogP contribution in [0.1, 0.15) is 28.6 Å². The number of furan rings is 1. The number of nitrogens with zero attached hydrogens (tertiary/aromatic N) is 3. The van der Waals surface area contributed by atoms with Gasteiger partial charge in [0.15, 0.2) is 6.10 Å². The fourth-order valence-corrected chi connectivity index (χ4v) is 2.85. The number of esters is 1. The molecule has 28 heavy (non-hydrogen) atoms. The number of amides is 1. The molecule has 0 saturated carbocycles. The second kappa shape index (κ2) is 7.84. The SMILES string of the molecule is Cc1oc(-n2cccc2)c(C#N)c1C(=O)O[C@H](C)C(=O)N(C)c1ccccc1. The molecule has 1 aromatic carbocycles. The van der Waals surface area contributed by atoms with Crippen molar-refractivity contribution in [3.8, 4) is 12.0 Å². The van der Waals surface area contributed by atoms with Crippen molar-refractivity contribution in [1.29, 1.82) is 5.26 Å². The molecule has 142 valence electrons. The summed E-state index contributed by atoms with van der Waals surface area (Å²) in [6.45, 7) is 3.07. The Morgan fingerprint density at radius 2 is 1.82 bits per heavy atom. The largest absolute Gasteiger partial charge is 0.449 e. The summed E-state index contributed by atoms with van der Waals surface area (Å²) in [6.07, 6.45) is 2.37. The van der Waals surface area contributed by atoms with E-state index in [0.717, 1.165) is 0 Å². The third kappa shape index (κ3) is 3.53. The molecule has 0 saturated heterocycles. The number of para-hydroxylation sites is 1. The fourth-order valence-electron chi connectivity index (χ4n) is 2.85. The molecule has 0 N–H and O–H groups in total. The number of likely N-dealkylation sites (N-methyl/N-ethyl adjacent to an activating group) is 1. The predicted molar refractivity (Wildman–Crippen MR) is 102 cm³/mol. The van der Waals surface area contributed by atoms with Crippen molar-refractivity contribution < 1.29 is 18.7 Å². The van der Waals surface area contributed by atoms with Gasteiger partial charge in [-0.1, -0.05) is 18.2 Å². The maximum Gasteiger partial charge on any atom is 0.343 e. The number of benzene rings is 1. The van der Waals surface area contributed by atoms with Crippen molar-refractivity contribution in [2.24, 2.45) is 0 Å². The smallest absolute Gasteiger partial charge is 0.343 e. The molecule has 0 bridgehead atoms. The van der Waals surface area contributed by atoms with Gasteiger partial charge >= 0.3 is 5.97 Å². The van der Waals surface area contributed by atoms with E-state index < -0.39 is 12.1 Å². The maximum absolute atomic E-state index is 12.7. The second-order valence-corrected chi connectivity index (χ2v) is 6.20. The number of hydrogen-bond donors (Lipinski definition) is 0. The molecule has 7 nitrogen and oxygen atoms in total. The zero-order chi connectivity index (χ0) is 20.3. The van der Waals surface area contributed by atoms with Crippen LogP contribution >= 0.6 is 0 Å². The number of hydrogen-bond acceptors (Lipinski definition) is 5. The molecule has 3 rings (SSSR count). The topological polar surface area (TPSA) is 88.5 Å². The Morgan fingerprint density at radius 1 is 1.18 bits per heavy atom. The average Bonchev–Trinajstić information content (AvgIpc) is 3.34. The normalized spacial score (nSPS) is 11.5. The summed E-state index contributed by atoms with van der Waals surface area (Å²) >= 11 is 0. The van der Waals surface area contributed by atoms with Crippen molar-refractivity contribution in [1.82, 2.24) is 4.57 Å². The molecule has 0 radical (unpaired) electrons. The summed E-state index contributed by atoms with van der Waals surface area (Å²) in [5, 5.41) is 9.53. The number of anilines is 1. The Labute approximate surface area is 162 Å². The molecule has 0 spiro atoms. The molecule has 0 aliphatic rings. The first-order valence-electron chi connectivity index (χ1n) is 8.64. The highest BCUT2D eigenvalue weighted by Crippen LogP contribution is 2.26. The Bertz CT molecular complexity index is 1030. The van der Waals surface area contributed by atoms with E-state index in [1.165, 1.54) is 11.8 Å². The molecule has 2 heterocycles. The van der Waals surface area contributed by atoms with Crippen LogP contribution in [0, 0.1) is 18.3 Å². The van der Waals surface area contributed by atoms with Gasteiger partial charge in [-0.25, -0.2) is 4.79 Å². The van der Waals surface area contributed by atoms with Crippen LogP contribution in [0.4, 0.5) is 5.69 Å². The quantitative estimate of drug-likeness (QED) is 0.635. The molecule has 3 aromatic rings. The summed E-state index contributed by atoms with van der Waals surface area (Å²) in [5.74, 6) is -0.679. The summed E-state index contributed by atoms with van der Waals surface area (Å²) in [4.78, 5) is 26.7. The van der Waals surface area contributed by atoms with Gasteiger partial charge in [0.2, 0.25) is 5.88 Å². The lowest BCUT2D eigenvalue weighted by Crippen LogP contribution is -2.37. The minimum absolute atomic E-state index is 0.0215. The maximum atomic E-state index is 12.7. The first-order valence-corrected chi connectivity index (χ1v) is 8.64. The van der Waals surface area contributed by atoms with Crippen LogP contribution in [0.5, 0.6) is 0 Å². The van der Waals surface area contributed by atoms with E-state index in [9.17, 15) is 14.9 Å². The van der Waals surface area contributed by atoms with Crippen molar-refractivity contribution in [3.63, 3.8) is 0 Å². The number of carbonyl (C=O) groups is 2. The van der Waals surface area contributed by atoms with Gasteiger partial charge in [-0.05, 0) is 38.1 Å².